The second-order valence-electron chi connectivity index (χ2n) is 8.37. The molecule has 2 fully saturated rings. The first kappa shape index (κ1) is 21.7. The number of hydrogen-bond donors (Lipinski definition) is 4. The Morgan fingerprint density at radius 1 is 1.04 bits per heavy atom. The van der Waals surface area contributed by atoms with Crippen LogP contribution in [0.2, 0.25) is 0 Å². The number of rotatable bonds is 10. The van der Waals surface area contributed by atoms with Crippen LogP contribution in [0.25, 0.3) is 0 Å². The van der Waals surface area contributed by atoms with Crippen molar-refractivity contribution in [3.05, 3.63) is 0 Å². The van der Waals surface area contributed by atoms with Crippen LogP contribution >= 0.6 is 0 Å². The van der Waals surface area contributed by atoms with Crippen LogP contribution in [0.15, 0.2) is 0 Å². The molecule has 0 aromatic carbocycles. The van der Waals surface area contributed by atoms with E-state index in [2.05, 4.69) is 5.32 Å². The van der Waals surface area contributed by atoms with E-state index < -0.39 is 23.3 Å². The fourth-order valence-electron chi connectivity index (χ4n) is 4.72. The summed E-state index contributed by atoms with van der Waals surface area (Å²) in [5, 5.41) is 21.9. The molecule has 154 valence electrons. The van der Waals surface area contributed by atoms with Gasteiger partial charge in [0, 0.05) is 6.04 Å². The molecule has 2 saturated carbocycles. The van der Waals surface area contributed by atoms with Crippen molar-refractivity contribution in [3.63, 3.8) is 0 Å². The van der Waals surface area contributed by atoms with Gasteiger partial charge in [-0.3, -0.25) is 14.4 Å². The van der Waals surface area contributed by atoms with Crippen molar-refractivity contribution in [3.8, 4) is 0 Å². The Hall–Kier alpha value is -1.63. The van der Waals surface area contributed by atoms with E-state index in [1.807, 2.05) is 0 Å². The Morgan fingerprint density at radius 2 is 1.67 bits per heavy atom. The summed E-state index contributed by atoms with van der Waals surface area (Å²) in [7, 11) is 0. The lowest BCUT2D eigenvalue weighted by Crippen LogP contribution is -2.47. The molecule has 1 unspecified atom stereocenters. The van der Waals surface area contributed by atoms with Crippen molar-refractivity contribution in [2.24, 2.45) is 23.0 Å². The minimum absolute atomic E-state index is 0.00564. The minimum Gasteiger partial charge on any atom is -0.481 e. The fourth-order valence-corrected chi connectivity index (χ4v) is 4.72. The molecule has 5 N–H and O–H groups in total. The van der Waals surface area contributed by atoms with Crippen molar-refractivity contribution in [1.82, 2.24) is 5.32 Å². The van der Waals surface area contributed by atoms with Gasteiger partial charge in [0.15, 0.2) is 0 Å². The van der Waals surface area contributed by atoms with Crippen molar-refractivity contribution in [1.29, 1.82) is 0 Å². The lowest BCUT2D eigenvalue weighted by atomic mass is 9.75. The first-order valence-corrected chi connectivity index (χ1v) is 10.3. The summed E-state index contributed by atoms with van der Waals surface area (Å²) < 4.78 is 0. The number of aliphatic carboxylic acids is 2. The summed E-state index contributed by atoms with van der Waals surface area (Å²) in [4.78, 5) is 35.9. The zero-order valence-corrected chi connectivity index (χ0v) is 16.1. The third-order valence-corrected chi connectivity index (χ3v) is 6.45. The summed E-state index contributed by atoms with van der Waals surface area (Å²) in [6.07, 6.45) is 8.44. The Kier molecular flexibility index (Phi) is 8.07. The predicted octanol–water partition coefficient (Wildman–Crippen LogP) is 2.53. The molecule has 2 aliphatic carbocycles. The largest absolute Gasteiger partial charge is 0.481 e. The van der Waals surface area contributed by atoms with Crippen LogP contribution in [0.4, 0.5) is 0 Å². The average molecular weight is 383 g/mol. The third-order valence-electron chi connectivity index (χ3n) is 6.45. The van der Waals surface area contributed by atoms with Gasteiger partial charge in [-0.1, -0.05) is 19.3 Å². The number of carbonyl (C=O) groups is 3. The number of carboxylic acid groups (broad SMARTS) is 2. The Balaban J connectivity index is 1.96. The number of unbranched alkanes of at least 4 members (excludes halogenated alkanes) is 1. The molecule has 0 bridgehead atoms. The number of amides is 1. The number of carbonyl (C=O) groups excluding carboxylic acids is 1. The smallest absolute Gasteiger partial charge is 0.306 e. The molecule has 0 aromatic heterocycles. The summed E-state index contributed by atoms with van der Waals surface area (Å²) in [5.41, 5.74) is 4.93. The fraction of sp³-hybridized carbons (Fsp3) is 0.850. The van der Waals surface area contributed by atoms with Gasteiger partial charge in [0.05, 0.1) is 17.3 Å². The maximum atomic E-state index is 13.1. The highest BCUT2D eigenvalue weighted by Gasteiger charge is 2.44. The molecular formula is C20H34N2O5. The Morgan fingerprint density at radius 3 is 2.19 bits per heavy atom. The summed E-state index contributed by atoms with van der Waals surface area (Å²) in [5.74, 6) is -2.42. The van der Waals surface area contributed by atoms with Crippen molar-refractivity contribution in [2.45, 2.75) is 83.1 Å². The number of carboxylic acids is 2. The molecule has 0 aliphatic heterocycles. The van der Waals surface area contributed by atoms with E-state index in [1.165, 1.54) is 0 Å². The van der Waals surface area contributed by atoms with E-state index in [-0.39, 0.29) is 17.9 Å². The zero-order chi connectivity index (χ0) is 19.9. The van der Waals surface area contributed by atoms with E-state index >= 15 is 0 Å². The molecule has 0 heterocycles. The summed E-state index contributed by atoms with van der Waals surface area (Å²) in [6, 6.07) is 0.00564. The molecular weight excluding hydrogens is 348 g/mol. The molecule has 2 rings (SSSR count). The zero-order valence-electron chi connectivity index (χ0n) is 16.1. The van der Waals surface area contributed by atoms with Gasteiger partial charge in [-0.05, 0) is 64.3 Å². The maximum Gasteiger partial charge on any atom is 0.306 e. The summed E-state index contributed by atoms with van der Waals surface area (Å²) in [6.45, 7) is 0.553. The van der Waals surface area contributed by atoms with E-state index in [4.69, 9.17) is 10.8 Å². The molecule has 7 nitrogen and oxygen atoms in total. The van der Waals surface area contributed by atoms with Gasteiger partial charge >= 0.3 is 11.9 Å². The van der Waals surface area contributed by atoms with E-state index in [9.17, 15) is 19.5 Å². The van der Waals surface area contributed by atoms with Crippen molar-refractivity contribution in [2.75, 3.05) is 6.54 Å². The second kappa shape index (κ2) is 10.1. The topological polar surface area (TPSA) is 130 Å². The van der Waals surface area contributed by atoms with E-state index in [0.29, 0.717) is 45.1 Å². The lowest BCUT2D eigenvalue weighted by molar-refractivity contribution is -0.145. The van der Waals surface area contributed by atoms with Gasteiger partial charge in [0.1, 0.15) is 0 Å². The minimum atomic E-state index is -0.826. The first-order chi connectivity index (χ1) is 12.9. The molecule has 0 radical (unpaired) electrons. The number of nitrogens with one attached hydrogen (secondary N) is 1. The van der Waals surface area contributed by atoms with Crippen molar-refractivity contribution >= 4 is 17.8 Å². The molecule has 0 spiro atoms. The summed E-state index contributed by atoms with van der Waals surface area (Å²) >= 11 is 0. The van der Waals surface area contributed by atoms with Crippen LogP contribution in [0, 0.1) is 17.3 Å². The van der Waals surface area contributed by atoms with Crippen LogP contribution in [-0.4, -0.2) is 40.6 Å². The second-order valence-corrected chi connectivity index (χ2v) is 8.37. The van der Waals surface area contributed by atoms with Crippen LogP contribution in [-0.2, 0) is 14.4 Å². The highest BCUT2D eigenvalue weighted by Crippen LogP contribution is 2.44. The van der Waals surface area contributed by atoms with E-state index in [1.54, 1.807) is 0 Å². The highest BCUT2D eigenvalue weighted by atomic mass is 16.4. The van der Waals surface area contributed by atoms with Gasteiger partial charge in [0.2, 0.25) is 5.91 Å². The quantitative estimate of drug-likeness (QED) is 0.430. The van der Waals surface area contributed by atoms with Crippen LogP contribution in [0.1, 0.15) is 77.0 Å². The van der Waals surface area contributed by atoms with Gasteiger partial charge < -0.3 is 21.3 Å². The van der Waals surface area contributed by atoms with Crippen molar-refractivity contribution < 1.29 is 24.6 Å². The standard InChI is InChI=1S/C20H34N2O5/c21-12-4-1-5-15(18(25)26)13-20(10-2-3-11-20)19(27)22-16-8-6-14(7-9-16)17(23)24/h14-16H,1-13,21H2,(H,22,27)(H,23,24)(H,25,26). The van der Waals surface area contributed by atoms with Gasteiger partial charge in [-0.25, -0.2) is 0 Å². The molecule has 2 aliphatic rings. The molecule has 27 heavy (non-hydrogen) atoms. The molecule has 1 atom stereocenters. The van der Waals surface area contributed by atoms with Gasteiger partial charge in [0.25, 0.3) is 0 Å². The van der Waals surface area contributed by atoms with Gasteiger partial charge in [-0.15, -0.1) is 0 Å². The van der Waals surface area contributed by atoms with E-state index in [0.717, 1.165) is 38.5 Å². The van der Waals surface area contributed by atoms with Crippen LogP contribution in [0.5, 0.6) is 0 Å². The SMILES string of the molecule is NCCCCC(CC1(C(=O)NC2CCC(C(=O)O)CC2)CCCC1)C(=O)O. The number of hydrogen-bond acceptors (Lipinski definition) is 4. The maximum absolute atomic E-state index is 13.1. The highest BCUT2D eigenvalue weighted by molar-refractivity contribution is 5.84. The average Bonchev–Trinajstić information content (AvgIpc) is 3.11. The van der Waals surface area contributed by atoms with Crippen LogP contribution < -0.4 is 11.1 Å². The molecule has 1 amide bonds. The lowest BCUT2D eigenvalue weighted by Gasteiger charge is -2.34. The van der Waals surface area contributed by atoms with Gasteiger partial charge in [-0.2, -0.15) is 0 Å². The molecule has 0 saturated heterocycles. The number of nitrogens with two attached hydrogens (primary N) is 1. The predicted molar refractivity (Wildman–Crippen MR) is 101 cm³/mol. The Labute approximate surface area is 161 Å². The first-order valence-electron chi connectivity index (χ1n) is 10.3. The molecule has 7 heteroatoms. The molecule has 0 aromatic rings. The Bertz CT molecular complexity index is 522. The monoisotopic (exact) mass is 382 g/mol. The van der Waals surface area contributed by atoms with Crippen LogP contribution in [0.3, 0.4) is 0 Å². The third kappa shape index (κ3) is 5.92. The normalized spacial score (nSPS) is 25.7.